The van der Waals surface area contributed by atoms with Gasteiger partial charge in [-0.05, 0) is 33.2 Å². The van der Waals surface area contributed by atoms with Gasteiger partial charge in [0.05, 0.1) is 16.8 Å². The Morgan fingerprint density at radius 1 is 1.60 bits per heavy atom. The van der Waals surface area contributed by atoms with E-state index in [2.05, 4.69) is 22.3 Å². The summed E-state index contributed by atoms with van der Waals surface area (Å²) in [6.45, 7) is 2.88. The number of aliphatic hydroxyl groups is 1. The minimum absolute atomic E-state index is 0.144. The Morgan fingerprint density at radius 3 is 2.93 bits per heavy atom. The molecule has 1 N–H and O–H groups in total. The van der Waals surface area contributed by atoms with Crippen molar-refractivity contribution in [1.82, 2.24) is 9.88 Å². The monoisotopic (exact) mass is 226 g/mol. The number of aromatic nitrogens is 1. The molecule has 0 saturated heterocycles. The third-order valence-electron chi connectivity index (χ3n) is 3.09. The lowest BCUT2D eigenvalue weighted by atomic mass is 10.2. The van der Waals surface area contributed by atoms with Crippen molar-refractivity contribution in [2.24, 2.45) is 0 Å². The van der Waals surface area contributed by atoms with Crippen LogP contribution in [0.15, 0.2) is 5.38 Å². The second kappa shape index (κ2) is 4.60. The lowest BCUT2D eigenvalue weighted by Gasteiger charge is -2.26. The predicted octanol–water partition coefficient (Wildman–Crippen LogP) is 1.80. The maximum atomic E-state index is 9.78. The number of hydrogen-bond donors (Lipinski definition) is 1. The van der Waals surface area contributed by atoms with Crippen LogP contribution in [0, 0.1) is 6.92 Å². The summed E-state index contributed by atoms with van der Waals surface area (Å²) >= 11 is 1.69. The molecule has 1 heterocycles. The Kier molecular flexibility index (Phi) is 3.38. The van der Waals surface area contributed by atoms with E-state index in [9.17, 15) is 5.11 Å². The largest absolute Gasteiger partial charge is 0.391 e. The quantitative estimate of drug-likeness (QED) is 0.853. The molecule has 0 unspecified atom stereocenters. The first-order valence-corrected chi connectivity index (χ1v) is 6.34. The molecule has 1 fully saturated rings. The molecule has 4 heteroatoms. The standard InChI is InChI=1S/C11H18N2OS/c1-8-12-9(7-15-8)6-13(2)10-4-3-5-11(10)14/h7,10-11,14H,3-6H2,1-2H3/t10-,11-/m1/s1. The van der Waals surface area contributed by atoms with Crippen molar-refractivity contribution < 1.29 is 5.11 Å². The summed E-state index contributed by atoms with van der Waals surface area (Å²) in [5, 5.41) is 13.0. The van der Waals surface area contributed by atoms with Crippen molar-refractivity contribution >= 4 is 11.3 Å². The highest BCUT2D eigenvalue weighted by molar-refractivity contribution is 7.09. The summed E-state index contributed by atoms with van der Waals surface area (Å²) in [4.78, 5) is 6.67. The van der Waals surface area contributed by atoms with E-state index >= 15 is 0 Å². The van der Waals surface area contributed by atoms with Gasteiger partial charge in [0, 0.05) is 18.0 Å². The van der Waals surface area contributed by atoms with Gasteiger partial charge < -0.3 is 5.11 Å². The fraction of sp³-hybridized carbons (Fsp3) is 0.727. The van der Waals surface area contributed by atoms with Crippen LogP contribution in [-0.2, 0) is 6.54 Å². The summed E-state index contributed by atoms with van der Waals surface area (Å²) in [5.74, 6) is 0. The van der Waals surface area contributed by atoms with Crippen molar-refractivity contribution in [1.29, 1.82) is 0 Å². The minimum atomic E-state index is -0.144. The molecule has 1 aliphatic rings. The zero-order valence-electron chi connectivity index (χ0n) is 9.31. The van der Waals surface area contributed by atoms with E-state index in [-0.39, 0.29) is 6.10 Å². The highest BCUT2D eigenvalue weighted by atomic mass is 32.1. The van der Waals surface area contributed by atoms with Gasteiger partial charge in [-0.3, -0.25) is 4.90 Å². The van der Waals surface area contributed by atoms with Gasteiger partial charge in [0.25, 0.3) is 0 Å². The molecule has 0 spiro atoms. The van der Waals surface area contributed by atoms with Crippen LogP contribution in [0.1, 0.15) is 30.0 Å². The molecule has 1 aromatic rings. The highest BCUT2D eigenvalue weighted by Crippen LogP contribution is 2.24. The number of rotatable bonds is 3. The molecule has 0 amide bonds. The lowest BCUT2D eigenvalue weighted by Crippen LogP contribution is -2.37. The van der Waals surface area contributed by atoms with Crippen molar-refractivity contribution in [2.45, 2.75) is 44.9 Å². The van der Waals surface area contributed by atoms with Crippen molar-refractivity contribution in [3.8, 4) is 0 Å². The van der Waals surface area contributed by atoms with E-state index < -0.39 is 0 Å². The zero-order chi connectivity index (χ0) is 10.8. The van der Waals surface area contributed by atoms with Crippen molar-refractivity contribution in [3.05, 3.63) is 16.1 Å². The number of hydrogen-bond acceptors (Lipinski definition) is 4. The third kappa shape index (κ3) is 2.56. The molecular weight excluding hydrogens is 208 g/mol. The summed E-state index contributed by atoms with van der Waals surface area (Å²) in [6, 6.07) is 0.326. The number of likely N-dealkylation sites (N-methyl/N-ethyl adjacent to an activating group) is 1. The molecule has 3 nitrogen and oxygen atoms in total. The Bertz CT molecular complexity index is 326. The van der Waals surface area contributed by atoms with Crippen LogP contribution in [0.2, 0.25) is 0 Å². The number of aryl methyl sites for hydroxylation is 1. The second-order valence-electron chi connectivity index (χ2n) is 4.34. The van der Waals surface area contributed by atoms with Crippen molar-refractivity contribution in [3.63, 3.8) is 0 Å². The van der Waals surface area contributed by atoms with Gasteiger partial charge >= 0.3 is 0 Å². The summed E-state index contributed by atoms with van der Waals surface area (Å²) < 4.78 is 0. The molecule has 0 radical (unpaired) electrons. The van der Waals surface area contributed by atoms with Gasteiger partial charge in [-0.25, -0.2) is 4.98 Å². The Hall–Kier alpha value is -0.450. The van der Waals surface area contributed by atoms with E-state index in [1.165, 1.54) is 0 Å². The molecular formula is C11H18N2OS. The fourth-order valence-corrected chi connectivity index (χ4v) is 2.89. The average Bonchev–Trinajstić information content (AvgIpc) is 2.75. The molecule has 0 aromatic carbocycles. The molecule has 1 saturated carbocycles. The first kappa shape index (κ1) is 11.0. The van der Waals surface area contributed by atoms with E-state index in [4.69, 9.17) is 0 Å². The van der Waals surface area contributed by atoms with E-state index in [1.807, 2.05) is 6.92 Å². The second-order valence-corrected chi connectivity index (χ2v) is 5.40. The Morgan fingerprint density at radius 2 is 2.40 bits per heavy atom. The number of nitrogens with zero attached hydrogens (tertiary/aromatic N) is 2. The minimum Gasteiger partial charge on any atom is -0.391 e. The van der Waals surface area contributed by atoms with Gasteiger partial charge in [0.1, 0.15) is 0 Å². The SMILES string of the molecule is Cc1nc(CN(C)[C@@H]2CCC[C@H]2O)cs1. The van der Waals surface area contributed by atoms with Crippen LogP contribution in [-0.4, -0.2) is 34.2 Å². The maximum Gasteiger partial charge on any atom is 0.0897 e. The highest BCUT2D eigenvalue weighted by Gasteiger charge is 2.28. The summed E-state index contributed by atoms with van der Waals surface area (Å²) in [6.07, 6.45) is 3.06. The normalized spacial score (nSPS) is 26.4. The molecule has 0 aliphatic heterocycles. The van der Waals surface area contributed by atoms with Crippen LogP contribution in [0.4, 0.5) is 0 Å². The van der Waals surface area contributed by atoms with Gasteiger partial charge in [0.2, 0.25) is 0 Å². The molecule has 15 heavy (non-hydrogen) atoms. The van der Waals surface area contributed by atoms with E-state index in [1.54, 1.807) is 11.3 Å². The van der Waals surface area contributed by atoms with Crippen LogP contribution in [0.25, 0.3) is 0 Å². The van der Waals surface area contributed by atoms with Gasteiger partial charge in [-0.2, -0.15) is 0 Å². The number of aliphatic hydroxyl groups excluding tert-OH is 1. The average molecular weight is 226 g/mol. The first-order chi connectivity index (χ1) is 7.16. The van der Waals surface area contributed by atoms with Crippen LogP contribution < -0.4 is 0 Å². The lowest BCUT2D eigenvalue weighted by molar-refractivity contribution is 0.0819. The summed E-state index contributed by atoms with van der Waals surface area (Å²) in [7, 11) is 2.08. The Labute approximate surface area is 94.8 Å². The van der Waals surface area contributed by atoms with E-state index in [0.717, 1.165) is 36.5 Å². The van der Waals surface area contributed by atoms with Gasteiger partial charge in [-0.15, -0.1) is 11.3 Å². The zero-order valence-corrected chi connectivity index (χ0v) is 10.1. The summed E-state index contributed by atoms with van der Waals surface area (Å²) in [5.41, 5.74) is 1.12. The van der Waals surface area contributed by atoms with Gasteiger partial charge in [0.15, 0.2) is 0 Å². The predicted molar refractivity (Wildman–Crippen MR) is 62.0 cm³/mol. The molecule has 1 aliphatic carbocycles. The molecule has 0 bridgehead atoms. The third-order valence-corrected chi connectivity index (χ3v) is 3.91. The molecule has 2 rings (SSSR count). The number of thiazole rings is 1. The van der Waals surface area contributed by atoms with Crippen LogP contribution in [0.5, 0.6) is 0 Å². The fourth-order valence-electron chi connectivity index (χ4n) is 2.29. The molecule has 84 valence electrons. The van der Waals surface area contributed by atoms with Crippen LogP contribution in [0.3, 0.4) is 0 Å². The maximum absolute atomic E-state index is 9.78. The molecule has 1 aromatic heterocycles. The van der Waals surface area contributed by atoms with E-state index in [0.29, 0.717) is 6.04 Å². The van der Waals surface area contributed by atoms with Crippen molar-refractivity contribution in [2.75, 3.05) is 7.05 Å². The molecule has 2 atom stereocenters. The van der Waals surface area contributed by atoms with Crippen LogP contribution >= 0.6 is 11.3 Å². The first-order valence-electron chi connectivity index (χ1n) is 5.46. The smallest absolute Gasteiger partial charge is 0.0897 e. The van der Waals surface area contributed by atoms with Gasteiger partial charge in [-0.1, -0.05) is 0 Å². The topological polar surface area (TPSA) is 36.4 Å². The Balaban J connectivity index is 1.94.